The van der Waals surface area contributed by atoms with Crippen LogP contribution in [-0.2, 0) is 15.8 Å². The Kier molecular flexibility index (Phi) is 5.78. The predicted octanol–water partition coefficient (Wildman–Crippen LogP) is 3.21. The van der Waals surface area contributed by atoms with Crippen LogP contribution in [0.25, 0.3) is 0 Å². The number of nitrogens with zero attached hydrogens (tertiary/aromatic N) is 4. The van der Waals surface area contributed by atoms with Crippen molar-refractivity contribution in [3.63, 3.8) is 0 Å². The topological polar surface area (TPSA) is 87.0 Å². The Bertz CT molecular complexity index is 1100. The van der Waals surface area contributed by atoms with E-state index in [9.17, 15) is 37.3 Å². The van der Waals surface area contributed by atoms with E-state index in [1.807, 2.05) is 0 Å². The number of hydrogen-bond donors (Lipinski definition) is 0. The summed E-state index contributed by atoms with van der Waals surface area (Å²) in [4.78, 5) is 40.2. The van der Waals surface area contributed by atoms with Crippen molar-refractivity contribution in [3.05, 3.63) is 64.0 Å². The van der Waals surface area contributed by atoms with E-state index >= 15 is 0 Å². The first kappa shape index (κ1) is 22.6. The number of carbonyl (C=O) groups is 2. The molecule has 4 rings (SSSR count). The van der Waals surface area contributed by atoms with Crippen molar-refractivity contribution in [1.82, 2.24) is 4.90 Å². The average Bonchev–Trinajstić information content (AvgIpc) is 3.07. The molecule has 0 aliphatic carbocycles. The highest BCUT2D eigenvalue weighted by Crippen LogP contribution is 2.37. The first-order valence-corrected chi connectivity index (χ1v) is 10.0. The van der Waals surface area contributed by atoms with Gasteiger partial charge in [-0.25, -0.2) is 9.29 Å². The van der Waals surface area contributed by atoms with Crippen molar-refractivity contribution in [2.45, 2.75) is 18.6 Å². The molecule has 2 fully saturated rings. The fourth-order valence-corrected chi connectivity index (χ4v) is 4.15. The Morgan fingerprint density at radius 2 is 1.61 bits per heavy atom. The molecule has 0 unspecified atom stereocenters. The maximum Gasteiger partial charge on any atom is 0.416 e. The summed E-state index contributed by atoms with van der Waals surface area (Å²) >= 11 is 0. The monoisotopic (exact) mass is 466 g/mol. The molecule has 174 valence electrons. The quantitative estimate of drug-likeness (QED) is 0.298. The Hall–Kier alpha value is -3.54. The molecule has 0 saturated carbocycles. The second kappa shape index (κ2) is 8.43. The van der Waals surface area contributed by atoms with E-state index in [1.54, 1.807) is 9.80 Å². The highest BCUT2D eigenvalue weighted by molar-refractivity contribution is 6.22. The van der Waals surface area contributed by atoms with Gasteiger partial charge in [0, 0.05) is 32.2 Å². The fourth-order valence-electron chi connectivity index (χ4n) is 4.15. The van der Waals surface area contributed by atoms with E-state index in [4.69, 9.17) is 0 Å². The smallest absolute Gasteiger partial charge is 0.363 e. The molecule has 2 aliphatic heterocycles. The molecule has 2 aromatic carbocycles. The number of anilines is 2. The molecule has 12 heteroatoms. The fraction of sp³-hybridized carbons (Fsp3) is 0.333. The molecule has 0 aromatic heterocycles. The third-order valence-electron chi connectivity index (χ3n) is 5.80. The lowest BCUT2D eigenvalue weighted by Gasteiger charge is -2.37. The minimum atomic E-state index is -4.70. The van der Waals surface area contributed by atoms with Gasteiger partial charge in [-0.15, -0.1) is 0 Å². The second-order valence-electron chi connectivity index (χ2n) is 7.75. The molecule has 0 N–H and O–H groups in total. The van der Waals surface area contributed by atoms with Crippen molar-refractivity contribution in [2.75, 3.05) is 36.0 Å². The van der Waals surface area contributed by atoms with E-state index in [2.05, 4.69) is 0 Å². The van der Waals surface area contributed by atoms with Gasteiger partial charge in [0.1, 0.15) is 11.5 Å². The molecule has 8 nitrogen and oxygen atoms in total. The highest BCUT2D eigenvalue weighted by Gasteiger charge is 2.43. The Morgan fingerprint density at radius 3 is 2.18 bits per heavy atom. The van der Waals surface area contributed by atoms with Crippen LogP contribution in [0.3, 0.4) is 0 Å². The Balaban J connectivity index is 1.47. The first-order valence-electron chi connectivity index (χ1n) is 10.0. The lowest BCUT2D eigenvalue weighted by molar-refractivity contribution is -0.384. The summed E-state index contributed by atoms with van der Waals surface area (Å²) in [5.41, 5.74) is -1.41. The number of benzene rings is 2. The molecular formula is C21H18F4N4O4. The number of amides is 2. The zero-order chi connectivity index (χ0) is 23.9. The van der Waals surface area contributed by atoms with E-state index in [1.165, 1.54) is 12.1 Å². The van der Waals surface area contributed by atoms with Gasteiger partial charge in [-0.3, -0.25) is 24.6 Å². The average molecular weight is 466 g/mol. The Labute approximate surface area is 185 Å². The number of alkyl halides is 3. The third kappa shape index (κ3) is 4.38. The summed E-state index contributed by atoms with van der Waals surface area (Å²) in [6.07, 6.45) is -4.76. The van der Waals surface area contributed by atoms with Gasteiger partial charge in [0.15, 0.2) is 0 Å². The summed E-state index contributed by atoms with van der Waals surface area (Å²) in [7, 11) is 0. The van der Waals surface area contributed by atoms with Gasteiger partial charge in [-0.2, -0.15) is 13.2 Å². The highest BCUT2D eigenvalue weighted by atomic mass is 19.4. The number of hydrogen-bond acceptors (Lipinski definition) is 6. The summed E-state index contributed by atoms with van der Waals surface area (Å²) in [5, 5.41) is 11.4. The van der Waals surface area contributed by atoms with Gasteiger partial charge in [0.25, 0.3) is 11.6 Å². The molecule has 33 heavy (non-hydrogen) atoms. The van der Waals surface area contributed by atoms with Crippen molar-refractivity contribution >= 4 is 28.9 Å². The number of rotatable bonds is 4. The molecule has 2 aromatic rings. The number of nitro groups is 1. The molecule has 0 spiro atoms. The summed E-state index contributed by atoms with van der Waals surface area (Å²) in [6.45, 7) is 1.000. The standard InChI is InChI=1S/C21H18F4N4O4/c22-14-2-4-15(5-3-14)28-19(30)12-18(20(28)31)27-9-7-26(8-10-27)16-6-1-13(21(23,24)25)11-17(16)29(32)33/h1-6,11,18H,7-10,12H2/t18-/m1/s1. The maximum absolute atomic E-state index is 13.2. The summed E-state index contributed by atoms with van der Waals surface area (Å²) in [6, 6.07) is 6.65. The van der Waals surface area contributed by atoms with Crippen molar-refractivity contribution in [3.8, 4) is 0 Å². The van der Waals surface area contributed by atoms with Crippen LogP contribution in [0.2, 0.25) is 0 Å². The summed E-state index contributed by atoms with van der Waals surface area (Å²) in [5.74, 6) is -1.36. The molecule has 2 saturated heterocycles. The van der Waals surface area contributed by atoms with E-state index in [-0.39, 0.29) is 44.0 Å². The van der Waals surface area contributed by atoms with Crippen LogP contribution >= 0.6 is 0 Å². The van der Waals surface area contributed by atoms with Crippen molar-refractivity contribution in [2.24, 2.45) is 0 Å². The molecule has 2 aliphatic rings. The van der Waals surface area contributed by atoms with Crippen LogP contribution in [0, 0.1) is 15.9 Å². The number of nitro benzene ring substituents is 1. The number of halogens is 4. The van der Waals surface area contributed by atoms with Crippen LogP contribution in [0.5, 0.6) is 0 Å². The zero-order valence-corrected chi connectivity index (χ0v) is 17.1. The van der Waals surface area contributed by atoms with Crippen LogP contribution in [0.15, 0.2) is 42.5 Å². The largest absolute Gasteiger partial charge is 0.416 e. The number of imide groups is 1. The van der Waals surface area contributed by atoms with E-state index in [0.717, 1.165) is 29.2 Å². The molecule has 0 radical (unpaired) electrons. The Morgan fingerprint density at radius 1 is 0.970 bits per heavy atom. The van der Waals surface area contributed by atoms with E-state index in [0.29, 0.717) is 6.07 Å². The maximum atomic E-state index is 13.2. The van der Waals surface area contributed by atoms with Crippen molar-refractivity contribution in [1.29, 1.82) is 0 Å². The molecule has 2 amide bonds. The minimum absolute atomic E-state index is 0.0589. The summed E-state index contributed by atoms with van der Waals surface area (Å²) < 4.78 is 52.0. The SMILES string of the molecule is O=C1C[C@@H](N2CCN(c3ccc(C(F)(F)F)cc3[N+](=O)[O-])CC2)C(=O)N1c1ccc(F)cc1. The second-order valence-corrected chi connectivity index (χ2v) is 7.75. The van der Waals surface area contributed by atoms with Gasteiger partial charge < -0.3 is 4.90 Å². The first-order chi connectivity index (χ1) is 15.6. The van der Waals surface area contributed by atoms with E-state index < -0.39 is 46.0 Å². The van der Waals surface area contributed by atoms with Crippen LogP contribution in [0.4, 0.5) is 34.6 Å². The predicted molar refractivity (Wildman–Crippen MR) is 109 cm³/mol. The van der Waals surface area contributed by atoms with Gasteiger partial charge in [0.05, 0.1) is 28.6 Å². The third-order valence-corrected chi connectivity index (χ3v) is 5.80. The van der Waals surface area contributed by atoms with Crippen LogP contribution < -0.4 is 9.80 Å². The molecule has 2 heterocycles. The molecule has 1 atom stereocenters. The van der Waals surface area contributed by atoms with Crippen LogP contribution in [0.1, 0.15) is 12.0 Å². The van der Waals surface area contributed by atoms with Gasteiger partial charge >= 0.3 is 6.18 Å². The number of carbonyl (C=O) groups excluding carboxylic acids is 2. The van der Waals surface area contributed by atoms with Gasteiger partial charge in [-0.05, 0) is 36.4 Å². The van der Waals surface area contributed by atoms with Crippen LogP contribution in [-0.4, -0.2) is 53.9 Å². The zero-order valence-electron chi connectivity index (χ0n) is 17.1. The minimum Gasteiger partial charge on any atom is -0.363 e. The lowest BCUT2D eigenvalue weighted by Crippen LogP contribution is -2.52. The normalized spacial score (nSPS) is 19.9. The lowest BCUT2D eigenvalue weighted by atomic mass is 10.1. The van der Waals surface area contributed by atoms with Crippen molar-refractivity contribution < 1.29 is 32.1 Å². The number of piperazine rings is 1. The van der Waals surface area contributed by atoms with Gasteiger partial charge in [-0.1, -0.05) is 0 Å². The molecule has 0 bridgehead atoms. The van der Waals surface area contributed by atoms with Gasteiger partial charge in [0.2, 0.25) is 5.91 Å². The molecular weight excluding hydrogens is 448 g/mol.